The Balaban J connectivity index is 2.08. The first kappa shape index (κ1) is 16.7. The van der Waals surface area contributed by atoms with E-state index in [-0.39, 0.29) is 16.3 Å². The van der Waals surface area contributed by atoms with Crippen LogP contribution >= 0.6 is 11.3 Å². The van der Waals surface area contributed by atoms with Gasteiger partial charge in [0.25, 0.3) is 0 Å². The minimum Gasteiger partial charge on any atom is -0.477 e. The van der Waals surface area contributed by atoms with Gasteiger partial charge >= 0.3 is 5.97 Å². The number of carbonyl (C=O) groups is 1. The first-order chi connectivity index (χ1) is 10.3. The highest BCUT2D eigenvalue weighted by atomic mass is 32.2. The highest BCUT2D eigenvalue weighted by Gasteiger charge is 2.24. The average Bonchev–Trinajstić information content (AvgIpc) is 3.04. The van der Waals surface area contributed by atoms with Crippen molar-refractivity contribution >= 4 is 27.3 Å². The Bertz CT molecular complexity index is 761. The molecular formula is C13H16N2O5S2. The van der Waals surface area contributed by atoms with Crippen molar-refractivity contribution in [3.05, 3.63) is 33.8 Å². The van der Waals surface area contributed by atoms with Crippen LogP contribution in [0.25, 0.3) is 0 Å². The fraction of sp³-hybridized carbons (Fsp3) is 0.385. The van der Waals surface area contributed by atoms with Crippen molar-refractivity contribution in [3.63, 3.8) is 0 Å². The molecule has 7 nitrogen and oxygen atoms in total. The van der Waals surface area contributed by atoms with Gasteiger partial charge in [-0.2, -0.15) is 0 Å². The van der Waals surface area contributed by atoms with Gasteiger partial charge in [0.15, 0.2) is 5.76 Å². The first-order valence-electron chi connectivity index (χ1n) is 6.54. The van der Waals surface area contributed by atoms with E-state index in [4.69, 9.17) is 9.63 Å². The van der Waals surface area contributed by atoms with Crippen molar-refractivity contribution in [2.75, 3.05) is 0 Å². The van der Waals surface area contributed by atoms with Gasteiger partial charge in [-0.25, -0.2) is 17.9 Å². The van der Waals surface area contributed by atoms with Crippen molar-refractivity contribution in [2.45, 2.75) is 31.7 Å². The molecule has 0 spiro atoms. The summed E-state index contributed by atoms with van der Waals surface area (Å²) in [4.78, 5) is 10.5. The van der Waals surface area contributed by atoms with Gasteiger partial charge in [-0.15, -0.1) is 11.3 Å². The molecule has 0 radical (unpaired) electrons. The summed E-state index contributed by atoms with van der Waals surface area (Å²) in [5, 5.41) is 14.3. The van der Waals surface area contributed by atoms with E-state index in [0.717, 1.165) is 23.5 Å². The van der Waals surface area contributed by atoms with Crippen LogP contribution in [-0.4, -0.2) is 24.7 Å². The fourth-order valence-corrected chi connectivity index (χ4v) is 4.11. The molecule has 0 bridgehead atoms. The second-order valence-electron chi connectivity index (χ2n) is 5.13. The Morgan fingerprint density at radius 2 is 2.23 bits per heavy atom. The molecule has 2 N–H and O–H groups in total. The van der Waals surface area contributed by atoms with Gasteiger partial charge in [-0.1, -0.05) is 19.0 Å². The van der Waals surface area contributed by atoms with Crippen LogP contribution in [-0.2, 0) is 23.0 Å². The zero-order chi connectivity index (χ0) is 16.3. The van der Waals surface area contributed by atoms with Crippen LogP contribution in [0.4, 0.5) is 0 Å². The summed E-state index contributed by atoms with van der Waals surface area (Å²) in [6.07, 6.45) is 0.740. The van der Waals surface area contributed by atoms with Crippen molar-refractivity contribution in [3.8, 4) is 0 Å². The predicted molar refractivity (Wildman–Crippen MR) is 80.3 cm³/mol. The Labute approximate surface area is 132 Å². The lowest BCUT2D eigenvalue weighted by Crippen LogP contribution is -2.24. The zero-order valence-electron chi connectivity index (χ0n) is 12.1. The normalized spacial score (nSPS) is 12.0. The molecule has 0 aliphatic rings. The molecule has 2 aromatic heterocycles. The van der Waals surface area contributed by atoms with E-state index in [1.807, 2.05) is 13.8 Å². The number of hydrogen-bond donors (Lipinski definition) is 2. The van der Waals surface area contributed by atoms with Gasteiger partial charge in [-0.05, 0) is 23.8 Å². The Kier molecular flexibility index (Phi) is 4.99. The third kappa shape index (κ3) is 3.93. The number of carboxylic acids is 1. The molecule has 0 aromatic carbocycles. The number of hydrogen-bond acceptors (Lipinski definition) is 6. The van der Waals surface area contributed by atoms with Gasteiger partial charge < -0.3 is 9.63 Å². The van der Waals surface area contributed by atoms with E-state index in [0.29, 0.717) is 11.7 Å². The van der Waals surface area contributed by atoms with Crippen LogP contribution in [0, 0.1) is 5.92 Å². The molecule has 2 heterocycles. The largest absolute Gasteiger partial charge is 0.477 e. The average molecular weight is 344 g/mol. The number of aromatic nitrogens is 1. The lowest BCUT2D eigenvalue weighted by Gasteiger charge is -2.04. The lowest BCUT2D eigenvalue weighted by atomic mass is 10.1. The molecule has 0 aliphatic heterocycles. The van der Waals surface area contributed by atoms with Crippen LogP contribution in [0.2, 0.25) is 0 Å². The SMILES string of the molecule is CC(C)Cc1cc(CNS(=O)(=O)c2ccsc2C(=O)O)on1. The molecule has 0 fully saturated rings. The number of aromatic carboxylic acids is 1. The van der Waals surface area contributed by atoms with Gasteiger partial charge in [0, 0.05) is 6.07 Å². The minimum atomic E-state index is -3.91. The van der Waals surface area contributed by atoms with E-state index >= 15 is 0 Å². The number of sulfonamides is 1. The maximum absolute atomic E-state index is 12.1. The van der Waals surface area contributed by atoms with Gasteiger partial charge in [0.1, 0.15) is 9.77 Å². The maximum Gasteiger partial charge on any atom is 0.347 e. The molecular weight excluding hydrogens is 328 g/mol. The summed E-state index contributed by atoms with van der Waals surface area (Å²) in [6, 6.07) is 2.95. The monoisotopic (exact) mass is 344 g/mol. The summed E-state index contributed by atoms with van der Waals surface area (Å²) < 4.78 is 31.7. The fourth-order valence-electron chi connectivity index (χ4n) is 1.86. The van der Waals surface area contributed by atoms with E-state index in [9.17, 15) is 13.2 Å². The number of rotatable bonds is 7. The highest BCUT2D eigenvalue weighted by Crippen LogP contribution is 2.22. The number of thiophene rings is 1. The van der Waals surface area contributed by atoms with Gasteiger partial charge in [0.2, 0.25) is 10.0 Å². The molecule has 0 saturated carbocycles. The molecule has 0 unspecified atom stereocenters. The Morgan fingerprint density at radius 3 is 2.86 bits per heavy atom. The van der Waals surface area contributed by atoms with E-state index in [1.54, 1.807) is 6.07 Å². The second kappa shape index (κ2) is 6.59. The summed E-state index contributed by atoms with van der Waals surface area (Å²) in [5.74, 6) is -0.473. The quantitative estimate of drug-likeness (QED) is 0.796. The molecule has 2 rings (SSSR count). The highest BCUT2D eigenvalue weighted by molar-refractivity contribution is 7.89. The minimum absolute atomic E-state index is 0.0810. The number of carboxylic acid groups (broad SMARTS) is 1. The first-order valence-corrected chi connectivity index (χ1v) is 8.91. The standard InChI is InChI=1S/C13H16N2O5S2/c1-8(2)5-9-6-10(20-15-9)7-14-22(18,19)11-3-4-21-12(11)13(16)17/h3-4,6,8,14H,5,7H2,1-2H3,(H,16,17). The van der Waals surface area contributed by atoms with Crippen molar-refractivity contribution < 1.29 is 22.8 Å². The molecule has 0 saturated heterocycles. The molecule has 22 heavy (non-hydrogen) atoms. The van der Waals surface area contributed by atoms with Crippen LogP contribution in [0.5, 0.6) is 0 Å². The zero-order valence-corrected chi connectivity index (χ0v) is 13.7. The molecule has 120 valence electrons. The molecule has 2 aromatic rings. The van der Waals surface area contributed by atoms with Crippen LogP contribution in [0.3, 0.4) is 0 Å². The summed E-state index contributed by atoms with van der Waals surface area (Å²) in [6.45, 7) is 4.00. The van der Waals surface area contributed by atoms with E-state index in [1.165, 1.54) is 11.4 Å². The Morgan fingerprint density at radius 1 is 1.50 bits per heavy atom. The topological polar surface area (TPSA) is 110 Å². The van der Waals surface area contributed by atoms with Gasteiger partial charge in [-0.3, -0.25) is 0 Å². The Hall–Kier alpha value is -1.71. The van der Waals surface area contributed by atoms with E-state index in [2.05, 4.69) is 9.88 Å². The summed E-state index contributed by atoms with van der Waals surface area (Å²) in [5.41, 5.74) is 0.756. The third-order valence-electron chi connectivity index (χ3n) is 2.77. The van der Waals surface area contributed by atoms with Crippen molar-refractivity contribution in [1.82, 2.24) is 9.88 Å². The van der Waals surface area contributed by atoms with Crippen molar-refractivity contribution in [2.24, 2.45) is 5.92 Å². The molecule has 0 aliphatic carbocycles. The predicted octanol–water partition coefficient (Wildman–Crippen LogP) is 2.11. The molecule has 0 amide bonds. The molecule has 0 atom stereocenters. The summed E-state index contributed by atoms with van der Waals surface area (Å²) in [7, 11) is -3.91. The number of nitrogens with one attached hydrogen (secondary N) is 1. The lowest BCUT2D eigenvalue weighted by molar-refractivity contribution is 0.0698. The van der Waals surface area contributed by atoms with Crippen LogP contribution in [0.1, 0.15) is 35.0 Å². The second-order valence-corrected chi connectivity index (χ2v) is 7.78. The third-order valence-corrected chi connectivity index (χ3v) is 5.25. The van der Waals surface area contributed by atoms with Crippen LogP contribution < -0.4 is 4.72 Å². The molecule has 9 heteroatoms. The van der Waals surface area contributed by atoms with Gasteiger partial charge in [0.05, 0.1) is 12.2 Å². The van der Waals surface area contributed by atoms with Crippen LogP contribution in [0.15, 0.2) is 26.9 Å². The van der Waals surface area contributed by atoms with Crippen molar-refractivity contribution in [1.29, 1.82) is 0 Å². The summed E-state index contributed by atoms with van der Waals surface area (Å²) >= 11 is 0.863. The number of nitrogens with zero attached hydrogens (tertiary/aromatic N) is 1. The smallest absolute Gasteiger partial charge is 0.347 e. The van der Waals surface area contributed by atoms with E-state index < -0.39 is 16.0 Å². The maximum atomic E-state index is 12.1.